The highest BCUT2D eigenvalue weighted by Crippen LogP contribution is 2.61. The molecule has 4 aliphatic carbocycles. The van der Waals surface area contributed by atoms with Crippen LogP contribution in [-0.2, 0) is 9.59 Å². The lowest BCUT2D eigenvalue weighted by Gasteiger charge is -2.56. The van der Waals surface area contributed by atoms with Gasteiger partial charge in [-0.25, -0.2) is 0 Å². The van der Waals surface area contributed by atoms with Gasteiger partial charge in [0.25, 0.3) is 11.8 Å². The molecule has 0 heterocycles. The van der Waals surface area contributed by atoms with Crippen LogP contribution >= 0.6 is 0 Å². The summed E-state index contributed by atoms with van der Waals surface area (Å²) in [6, 6.07) is 6.88. The molecule has 3 amide bonds. The number of hydrogen-bond donors (Lipinski definition) is 3. The van der Waals surface area contributed by atoms with Gasteiger partial charge < -0.3 is 10.1 Å². The van der Waals surface area contributed by atoms with Crippen LogP contribution in [0, 0.1) is 23.2 Å². The average molecular weight is 414 g/mol. The molecule has 4 saturated carbocycles. The Morgan fingerprint density at radius 3 is 2.20 bits per heavy atom. The molecule has 4 aliphatic rings. The van der Waals surface area contributed by atoms with E-state index in [4.69, 9.17) is 4.74 Å². The van der Waals surface area contributed by atoms with Crippen molar-refractivity contribution in [3.05, 3.63) is 29.8 Å². The van der Waals surface area contributed by atoms with Gasteiger partial charge >= 0.3 is 0 Å². The van der Waals surface area contributed by atoms with Crippen LogP contribution in [0.2, 0.25) is 0 Å². The molecule has 4 bridgehead atoms. The van der Waals surface area contributed by atoms with Crippen LogP contribution in [0.15, 0.2) is 24.3 Å². The maximum atomic E-state index is 12.5. The molecule has 1 aromatic carbocycles. The normalized spacial score (nSPS) is 28.6. The third kappa shape index (κ3) is 4.60. The topological polar surface area (TPSA) is 96.5 Å². The molecule has 0 aliphatic heterocycles. The Bertz CT molecular complexity index is 787. The molecule has 0 radical (unpaired) electrons. The van der Waals surface area contributed by atoms with Crippen molar-refractivity contribution in [2.45, 2.75) is 51.9 Å². The number of ether oxygens (including phenoxy) is 1. The quantitative estimate of drug-likeness (QED) is 0.599. The monoisotopic (exact) mass is 413 g/mol. The first-order valence-electron chi connectivity index (χ1n) is 11.0. The first-order valence-corrected chi connectivity index (χ1v) is 11.0. The Balaban J connectivity index is 1.22. The predicted molar refractivity (Wildman–Crippen MR) is 111 cm³/mol. The van der Waals surface area contributed by atoms with E-state index in [0.29, 0.717) is 24.3 Å². The highest BCUT2D eigenvalue weighted by atomic mass is 16.5. The molecule has 7 heteroatoms. The smallest absolute Gasteiger partial charge is 0.257 e. The summed E-state index contributed by atoms with van der Waals surface area (Å²) in [7, 11) is 0. The van der Waals surface area contributed by atoms with Crippen molar-refractivity contribution in [1.29, 1.82) is 0 Å². The van der Waals surface area contributed by atoms with Gasteiger partial charge in [0.2, 0.25) is 5.91 Å². The first kappa shape index (κ1) is 20.7. The highest BCUT2D eigenvalue weighted by molar-refractivity contribution is 5.98. The van der Waals surface area contributed by atoms with E-state index in [2.05, 4.69) is 16.2 Å². The summed E-state index contributed by atoms with van der Waals surface area (Å²) in [5.74, 6) is 1.83. The minimum atomic E-state index is -0.462. The number of amides is 3. The molecule has 0 aromatic heterocycles. The van der Waals surface area contributed by atoms with E-state index in [1.807, 2.05) is 6.92 Å². The van der Waals surface area contributed by atoms with Crippen molar-refractivity contribution in [1.82, 2.24) is 16.2 Å². The van der Waals surface area contributed by atoms with E-state index in [9.17, 15) is 14.4 Å². The SMILES string of the molecule is CCOc1ccccc1C(=O)NCC(=O)NNC(=O)CC12CC3CC(CC(C3)C1)C2. The van der Waals surface area contributed by atoms with Gasteiger partial charge in [0.1, 0.15) is 5.75 Å². The van der Waals surface area contributed by atoms with Gasteiger partial charge in [0.05, 0.1) is 18.7 Å². The van der Waals surface area contributed by atoms with E-state index in [1.165, 1.54) is 19.3 Å². The molecule has 30 heavy (non-hydrogen) atoms. The van der Waals surface area contributed by atoms with Crippen molar-refractivity contribution in [3.63, 3.8) is 0 Å². The van der Waals surface area contributed by atoms with Gasteiger partial charge in [0, 0.05) is 6.42 Å². The molecule has 3 N–H and O–H groups in total. The minimum Gasteiger partial charge on any atom is -0.493 e. The zero-order valence-corrected chi connectivity index (χ0v) is 17.5. The fraction of sp³-hybridized carbons (Fsp3) is 0.609. The molecule has 7 nitrogen and oxygen atoms in total. The molecule has 162 valence electrons. The van der Waals surface area contributed by atoms with E-state index in [-0.39, 0.29) is 17.9 Å². The molecule has 0 atom stereocenters. The molecule has 0 unspecified atom stereocenters. The second-order valence-corrected chi connectivity index (χ2v) is 9.30. The molecule has 0 saturated heterocycles. The van der Waals surface area contributed by atoms with Crippen LogP contribution in [-0.4, -0.2) is 30.9 Å². The summed E-state index contributed by atoms with van der Waals surface area (Å²) in [4.78, 5) is 36.9. The van der Waals surface area contributed by atoms with Crippen molar-refractivity contribution >= 4 is 17.7 Å². The average Bonchev–Trinajstić information content (AvgIpc) is 2.70. The van der Waals surface area contributed by atoms with Crippen LogP contribution in [0.3, 0.4) is 0 Å². The molecule has 5 rings (SSSR count). The van der Waals surface area contributed by atoms with Gasteiger partial charge in [0.15, 0.2) is 0 Å². The van der Waals surface area contributed by atoms with Crippen LogP contribution in [0.1, 0.15) is 62.2 Å². The Labute approximate surface area is 177 Å². The van der Waals surface area contributed by atoms with Crippen LogP contribution in [0.25, 0.3) is 0 Å². The lowest BCUT2D eigenvalue weighted by atomic mass is 9.49. The highest BCUT2D eigenvalue weighted by Gasteiger charge is 2.51. The maximum absolute atomic E-state index is 12.5. The third-order valence-corrected chi connectivity index (χ3v) is 6.88. The zero-order chi connectivity index (χ0) is 21.1. The molecular weight excluding hydrogens is 382 g/mol. The van der Waals surface area contributed by atoms with Crippen molar-refractivity contribution < 1.29 is 19.1 Å². The Morgan fingerprint density at radius 1 is 0.967 bits per heavy atom. The summed E-state index contributed by atoms with van der Waals surface area (Å²) in [5, 5.41) is 2.57. The fourth-order valence-corrected chi connectivity index (χ4v) is 6.27. The Kier molecular flexibility index (Phi) is 5.97. The standard InChI is InChI=1S/C23H31N3O4/c1-2-30-19-6-4-3-5-18(19)22(29)24-14-21(28)26-25-20(27)13-23-10-15-7-16(11-23)9-17(8-15)12-23/h3-6,15-17H,2,7-14H2,1H3,(H,24,29)(H,25,27)(H,26,28). The summed E-state index contributed by atoms with van der Waals surface area (Å²) in [6.45, 7) is 2.06. The number of carbonyl (C=O) groups excluding carboxylic acids is 3. The number of hydrazine groups is 1. The molecule has 1 aromatic rings. The lowest BCUT2D eigenvalue weighted by Crippen LogP contribution is -2.51. The lowest BCUT2D eigenvalue weighted by molar-refractivity contribution is -0.134. The summed E-state index contributed by atoms with van der Waals surface area (Å²) >= 11 is 0. The number of para-hydroxylation sites is 1. The van der Waals surface area contributed by atoms with Crippen LogP contribution in [0.5, 0.6) is 5.75 Å². The summed E-state index contributed by atoms with van der Waals surface area (Å²) in [5.41, 5.74) is 5.46. The van der Waals surface area contributed by atoms with Crippen molar-refractivity contribution in [2.75, 3.05) is 13.2 Å². The van der Waals surface area contributed by atoms with Crippen LogP contribution in [0.4, 0.5) is 0 Å². The van der Waals surface area contributed by atoms with E-state index < -0.39 is 11.8 Å². The largest absolute Gasteiger partial charge is 0.493 e. The number of carbonyl (C=O) groups is 3. The summed E-state index contributed by atoms with van der Waals surface area (Å²) in [6.07, 6.45) is 7.93. The van der Waals surface area contributed by atoms with E-state index >= 15 is 0 Å². The number of benzene rings is 1. The second kappa shape index (κ2) is 8.66. The Hall–Kier alpha value is -2.57. The molecular formula is C23H31N3O4. The van der Waals surface area contributed by atoms with E-state index in [1.54, 1.807) is 24.3 Å². The third-order valence-electron chi connectivity index (χ3n) is 6.88. The number of rotatable bonds is 7. The number of nitrogens with one attached hydrogen (secondary N) is 3. The van der Waals surface area contributed by atoms with Gasteiger partial charge in [-0.2, -0.15) is 0 Å². The van der Waals surface area contributed by atoms with Crippen molar-refractivity contribution in [3.8, 4) is 5.75 Å². The van der Waals surface area contributed by atoms with Crippen molar-refractivity contribution in [2.24, 2.45) is 23.2 Å². The maximum Gasteiger partial charge on any atom is 0.257 e. The minimum absolute atomic E-state index is 0.126. The molecule has 4 fully saturated rings. The van der Waals surface area contributed by atoms with Gasteiger partial charge in [-0.3, -0.25) is 25.2 Å². The zero-order valence-electron chi connectivity index (χ0n) is 17.5. The van der Waals surface area contributed by atoms with E-state index in [0.717, 1.165) is 37.0 Å². The summed E-state index contributed by atoms with van der Waals surface area (Å²) < 4.78 is 5.44. The number of hydrogen-bond acceptors (Lipinski definition) is 4. The Morgan fingerprint density at radius 2 is 1.57 bits per heavy atom. The second-order valence-electron chi connectivity index (χ2n) is 9.30. The predicted octanol–water partition coefficient (Wildman–Crippen LogP) is 2.57. The van der Waals surface area contributed by atoms with Gasteiger partial charge in [-0.1, -0.05) is 12.1 Å². The van der Waals surface area contributed by atoms with Gasteiger partial charge in [-0.15, -0.1) is 0 Å². The fourth-order valence-electron chi connectivity index (χ4n) is 6.27. The van der Waals surface area contributed by atoms with Crippen LogP contribution < -0.4 is 20.9 Å². The first-order chi connectivity index (χ1) is 14.5. The molecule has 0 spiro atoms. The van der Waals surface area contributed by atoms with Gasteiger partial charge in [-0.05, 0) is 80.8 Å².